The van der Waals surface area contributed by atoms with Gasteiger partial charge in [-0.15, -0.1) is 0 Å². The Balaban J connectivity index is -0.000000187. The van der Waals surface area contributed by atoms with Crippen LogP contribution in [-0.4, -0.2) is 38.1 Å². The Morgan fingerprint density at radius 2 is 0.944 bits per heavy atom. The maximum Gasteiger partial charge on any atom is 0.0915 e. The van der Waals surface area contributed by atoms with Crippen molar-refractivity contribution in [2.45, 2.75) is 27.7 Å². The molecule has 0 aromatic heterocycles. The summed E-state index contributed by atoms with van der Waals surface area (Å²) in [4.78, 5) is 17.9. The van der Waals surface area contributed by atoms with Crippen LogP contribution in [0.4, 0.5) is 0 Å². The van der Waals surface area contributed by atoms with E-state index >= 15 is 0 Å². The maximum atomic E-state index is 8.93. The SMILES string of the molecule is CC[NH+](N)CC.CC[NH+](N)CC.O=C([O-])C(=O)[O-]. The molecule has 0 aromatic carbocycles. The van der Waals surface area contributed by atoms with Gasteiger partial charge >= 0.3 is 0 Å². The summed E-state index contributed by atoms with van der Waals surface area (Å²) in [5.41, 5.74) is 0. The van der Waals surface area contributed by atoms with Crippen molar-refractivity contribution in [1.29, 1.82) is 0 Å². The number of hydrogen-bond acceptors (Lipinski definition) is 6. The van der Waals surface area contributed by atoms with Crippen molar-refractivity contribution in [3.8, 4) is 0 Å². The van der Waals surface area contributed by atoms with Crippen LogP contribution in [0.25, 0.3) is 0 Å². The number of carboxylic acids is 2. The Labute approximate surface area is 108 Å². The topological polar surface area (TPSA) is 141 Å². The number of rotatable bonds is 4. The molecule has 0 fully saturated rings. The van der Waals surface area contributed by atoms with Crippen LogP contribution < -0.4 is 31.9 Å². The highest BCUT2D eigenvalue weighted by atomic mass is 16.4. The molecular weight excluding hydrogens is 240 g/mol. The summed E-state index contributed by atoms with van der Waals surface area (Å²) in [5.74, 6) is 6.41. The van der Waals surface area contributed by atoms with Crippen molar-refractivity contribution in [2.75, 3.05) is 26.2 Å². The molecule has 18 heavy (non-hydrogen) atoms. The quantitative estimate of drug-likeness (QED) is 0.227. The monoisotopic (exact) mass is 266 g/mol. The Bertz CT molecular complexity index is 184. The van der Waals surface area contributed by atoms with E-state index in [4.69, 9.17) is 31.5 Å². The predicted octanol–water partition coefficient (Wildman–Crippen LogP) is -5.94. The number of hydrogen-bond donors (Lipinski definition) is 4. The molecule has 8 heteroatoms. The molecule has 0 saturated heterocycles. The first-order valence-electron chi connectivity index (χ1n) is 5.89. The van der Waals surface area contributed by atoms with Gasteiger partial charge in [-0.1, -0.05) is 0 Å². The number of nitrogens with one attached hydrogen (secondary N) is 2. The van der Waals surface area contributed by atoms with Gasteiger partial charge in [-0.25, -0.2) is 0 Å². The lowest BCUT2D eigenvalue weighted by Gasteiger charge is -2.03. The Hall–Kier alpha value is -1.22. The van der Waals surface area contributed by atoms with Crippen LogP contribution in [0.15, 0.2) is 0 Å². The fourth-order valence-electron chi connectivity index (χ4n) is 0.500. The summed E-state index contributed by atoms with van der Waals surface area (Å²) in [6.07, 6.45) is 0. The number of carboxylic acid groups (broad SMARTS) is 2. The summed E-state index contributed by atoms with van der Waals surface area (Å²) in [6.45, 7) is 12.4. The summed E-state index contributed by atoms with van der Waals surface area (Å²) in [6, 6.07) is 0. The molecule has 6 N–H and O–H groups in total. The van der Waals surface area contributed by atoms with E-state index in [1.54, 1.807) is 0 Å². The lowest BCUT2D eigenvalue weighted by atomic mass is 10.6. The molecule has 8 nitrogen and oxygen atoms in total. The smallest absolute Gasteiger partial charge is 0.0915 e. The number of nitrogens with two attached hydrogens (primary N) is 2. The zero-order valence-electron chi connectivity index (χ0n) is 11.6. The molecule has 0 spiro atoms. The molecule has 0 heterocycles. The summed E-state index contributed by atoms with van der Waals surface area (Å²) < 4.78 is 0. The van der Waals surface area contributed by atoms with Crippen LogP contribution in [-0.2, 0) is 9.59 Å². The van der Waals surface area contributed by atoms with E-state index < -0.39 is 11.9 Å². The van der Waals surface area contributed by atoms with Gasteiger partial charge in [0.05, 0.1) is 38.1 Å². The van der Waals surface area contributed by atoms with Crippen molar-refractivity contribution in [3.63, 3.8) is 0 Å². The van der Waals surface area contributed by atoms with Gasteiger partial charge in [0.1, 0.15) is 0 Å². The van der Waals surface area contributed by atoms with Crippen LogP contribution in [0.2, 0.25) is 0 Å². The molecule has 0 atom stereocenters. The minimum atomic E-state index is -2.19. The van der Waals surface area contributed by atoms with Gasteiger partial charge in [-0.2, -0.15) is 11.7 Å². The molecule has 0 saturated carbocycles. The average molecular weight is 266 g/mol. The van der Waals surface area contributed by atoms with Gasteiger partial charge in [-0.05, 0) is 27.7 Å². The fourth-order valence-corrected chi connectivity index (χ4v) is 0.500. The molecule has 0 rings (SSSR count). The first-order chi connectivity index (χ1) is 8.26. The van der Waals surface area contributed by atoms with Crippen molar-refractivity contribution in [2.24, 2.45) is 11.7 Å². The molecule has 0 aliphatic carbocycles. The van der Waals surface area contributed by atoms with E-state index in [1.807, 2.05) is 0 Å². The predicted molar refractivity (Wildman–Crippen MR) is 62.5 cm³/mol. The van der Waals surface area contributed by atoms with Crippen molar-refractivity contribution >= 4 is 11.9 Å². The van der Waals surface area contributed by atoms with Crippen LogP contribution in [0.1, 0.15) is 27.7 Å². The second kappa shape index (κ2) is 15.8. The van der Waals surface area contributed by atoms with Crippen LogP contribution in [0.3, 0.4) is 0 Å². The molecular formula is C10H26N4O4. The van der Waals surface area contributed by atoms with Crippen LogP contribution >= 0.6 is 0 Å². The molecule has 0 aliphatic heterocycles. The van der Waals surface area contributed by atoms with Gasteiger partial charge < -0.3 is 19.8 Å². The standard InChI is InChI=1S/2C4H12N2.C2H2O4/c2*1-3-6(5)4-2;3-1(4)2(5)6/h2*3-5H2,1-2H3;(H,3,4)(H,5,6). The zero-order valence-corrected chi connectivity index (χ0v) is 11.6. The summed E-state index contributed by atoms with van der Waals surface area (Å²) in [5, 5.41) is 20.0. The van der Waals surface area contributed by atoms with E-state index in [2.05, 4.69) is 27.7 Å². The lowest BCUT2D eigenvalue weighted by molar-refractivity contribution is -0.909. The third kappa shape index (κ3) is 24.2. The average Bonchev–Trinajstić information content (AvgIpc) is 2.37. The Morgan fingerprint density at radius 1 is 0.778 bits per heavy atom. The highest BCUT2D eigenvalue weighted by Crippen LogP contribution is 1.41. The number of carbonyl (C=O) groups excluding carboxylic acids is 2. The van der Waals surface area contributed by atoms with E-state index in [1.165, 1.54) is 0 Å². The molecule has 0 aliphatic rings. The molecule has 0 aromatic rings. The molecule has 0 unspecified atom stereocenters. The number of quaternary nitrogens is 2. The van der Waals surface area contributed by atoms with Gasteiger partial charge in [0.15, 0.2) is 0 Å². The summed E-state index contributed by atoms with van der Waals surface area (Å²) >= 11 is 0. The van der Waals surface area contributed by atoms with E-state index in [-0.39, 0.29) is 0 Å². The molecule has 0 amide bonds. The van der Waals surface area contributed by atoms with E-state index in [0.717, 1.165) is 36.2 Å². The minimum Gasteiger partial charge on any atom is -0.543 e. The third-order valence-corrected chi connectivity index (χ3v) is 1.98. The van der Waals surface area contributed by atoms with Gasteiger partial charge in [0.25, 0.3) is 0 Å². The highest BCUT2D eigenvalue weighted by molar-refractivity contribution is 6.25. The number of carbonyl (C=O) groups is 2. The van der Waals surface area contributed by atoms with Crippen molar-refractivity contribution in [1.82, 2.24) is 0 Å². The zero-order chi connectivity index (χ0) is 15.1. The Morgan fingerprint density at radius 3 is 0.944 bits per heavy atom. The van der Waals surface area contributed by atoms with Gasteiger partial charge in [-0.3, -0.25) is 10.0 Å². The second-order valence-corrected chi connectivity index (χ2v) is 3.31. The maximum absolute atomic E-state index is 8.93. The number of aliphatic carboxylic acids is 2. The molecule has 110 valence electrons. The fraction of sp³-hybridized carbons (Fsp3) is 0.800. The minimum absolute atomic E-state index is 1.02. The van der Waals surface area contributed by atoms with Crippen molar-refractivity contribution in [3.05, 3.63) is 0 Å². The summed E-state index contributed by atoms with van der Waals surface area (Å²) in [7, 11) is 0. The van der Waals surface area contributed by atoms with E-state index in [9.17, 15) is 0 Å². The Kier molecular flexibility index (Phi) is 19.3. The molecule has 0 bridgehead atoms. The van der Waals surface area contributed by atoms with Gasteiger partial charge in [0.2, 0.25) is 0 Å². The lowest BCUT2D eigenvalue weighted by Crippen LogP contribution is -3.17. The third-order valence-electron chi connectivity index (χ3n) is 1.98. The second-order valence-electron chi connectivity index (χ2n) is 3.31. The highest BCUT2D eigenvalue weighted by Gasteiger charge is 1.86. The normalized spacial score (nSPS) is 9.11. The first kappa shape index (κ1) is 22.0. The van der Waals surface area contributed by atoms with Crippen LogP contribution in [0, 0.1) is 0 Å². The largest absolute Gasteiger partial charge is 0.543 e. The van der Waals surface area contributed by atoms with Gasteiger partial charge in [0, 0.05) is 0 Å². The first-order valence-corrected chi connectivity index (χ1v) is 5.89. The van der Waals surface area contributed by atoms with Crippen LogP contribution in [0.5, 0.6) is 0 Å². The van der Waals surface area contributed by atoms with E-state index in [0.29, 0.717) is 0 Å². The molecule has 0 radical (unpaired) electrons. The van der Waals surface area contributed by atoms with Crippen molar-refractivity contribution < 1.29 is 29.8 Å².